The van der Waals surface area contributed by atoms with Gasteiger partial charge in [-0.15, -0.1) is 11.3 Å². The van der Waals surface area contributed by atoms with Gasteiger partial charge in [-0.2, -0.15) is 0 Å². The van der Waals surface area contributed by atoms with Crippen LogP contribution in [-0.4, -0.2) is 21.2 Å². The fourth-order valence-electron chi connectivity index (χ4n) is 3.27. The first-order valence-electron chi connectivity index (χ1n) is 10.0. The van der Waals surface area contributed by atoms with Crippen molar-refractivity contribution in [2.45, 2.75) is 32.5 Å². The Morgan fingerprint density at radius 3 is 2.35 bits per heavy atom. The average Bonchev–Trinajstić information content (AvgIpc) is 3.19. The Balaban J connectivity index is 1.62. The largest absolute Gasteiger partial charge is 0.325 e. The van der Waals surface area contributed by atoms with Crippen molar-refractivity contribution in [3.63, 3.8) is 0 Å². The molecule has 1 N–H and O–H groups in total. The van der Waals surface area contributed by atoms with Crippen LogP contribution in [0.1, 0.15) is 18.1 Å². The number of benzene rings is 2. The van der Waals surface area contributed by atoms with Crippen LogP contribution in [0.15, 0.2) is 63.9 Å². The van der Waals surface area contributed by atoms with E-state index >= 15 is 0 Å². The summed E-state index contributed by atoms with van der Waals surface area (Å²) in [7, 11) is 0. The maximum Gasteiger partial charge on any atom is 0.272 e. The van der Waals surface area contributed by atoms with Crippen molar-refractivity contribution < 1.29 is 4.79 Å². The summed E-state index contributed by atoms with van der Waals surface area (Å²) in [6.07, 6.45) is 0. The first kappa shape index (κ1) is 21.3. The molecule has 0 aliphatic heterocycles. The second-order valence-electron chi connectivity index (χ2n) is 7.34. The standard InChI is InChI=1S/C24H23N3O2S2/c1-4-27-23(29)22-21(19(13-30-22)17-9-5-15(2)6-10-17)26-24(27)31-14-20(28)25-18-11-7-16(3)8-12-18/h5-13H,4,14H2,1-3H3,(H,25,28). The van der Waals surface area contributed by atoms with Crippen LogP contribution in [0.3, 0.4) is 0 Å². The molecule has 2 aromatic heterocycles. The highest BCUT2D eigenvalue weighted by Gasteiger charge is 2.17. The van der Waals surface area contributed by atoms with Crippen LogP contribution >= 0.6 is 23.1 Å². The quantitative estimate of drug-likeness (QED) is 0.312. The Morgan fingerprint density at radius 2 is 1.71 bits per heavy atom. The maximum absolute atomic E-state index is 13.1. The summed E-state index contributed by atoms with van der Waals surface area (Å²) in [5.41, 5.74) is 5.70. The Bertz CT molecular complexity index is 1290. The molecule has 0 saturated heterocycles. The Morgan fingerprint density at radius 1 is 1.06 bits per heavy atom. The molecule has 0 aliphatic rings. The second-order valence-corrected chi connectivity index (χ2v) is 9.16. The zero-order valence-electron chi connectivity index (χ0n) is 17.6. The van der Waals surface area contributed by atoms with Crippen LogP contribution in [-0.2, 0) is 11.3 Å². The molecule has 4 aromatic rings. The first-order chi connectivity index (χ1) is 15.0. The van der Waals surface area contributed by atoms with Crippen LogP contribution in [0.4, 0.5) is 5.69 Å². The van der Waals surface area contributed by atoms with Gasteiger partial charge in [0.2, 0.25) is 5.91 Å². The Kier molecular flexibility index (Phi) is 6.25. The van der Waals surface area contributed by atoms with Crippen molar-refractivity contribution in [2.24, 2.45) is 0 Å². The summed E-state index contributed by atoms with van der Waals surface area (Å²) in [5, 5.41) is 5.44. The molecule has 0 fully saturated rings. The molecule has 0 atom stereocenters. The molecule has 158 valence electrons. The highest BCUT2D eigenvalue weighted by Crippen LogP contribution is 2.32. The molecule has 31 heavy (non-hydrogen) atoms. The van der Waals surface area contributed by atoms with Crippen molar-refractivity contribution >= 4 is 44.9 Å². The lowest BCUT2D eigenvalue weighted by atomic mass is 10.1. The number of anilines is 1. The SMILES string of the molecule is CCn1c(SCC(=O)Nc2ccc(C)cc2)nc2c(-c3ccc(C)cc3)csc2c1=O. The number of aryl methyl sites for hydroxylation is 2. The van der Waals surface area contributed by atoms with E-state index < -0.39 is 0 Å². The molecule has 5 nitrogen and oxygen atoms in total. The van der Waals surface area contributed by atoms with Gasteiger partial charge in [-0.1, -0.05) is 59.3 Å². The van der Waals surface area contributed by atoms with Gasteiger partial charge in [-0.05, 0) is 38.5 Å². The van der Waals surface area contributed by atoms with E-state index in [1.54, 1.807) is 4.57 Å². The van der Waals surface area contributed by atoms with Gasteiger partial charge in [0.1, 0.15) is 4.70 Å². The van der Waals surface area contributed by atoms with Gasteiger partial charge in [-0.3, -0.25) is 14.2 Å². The third-order valence-corrected chi connectivity index (χ3v) is 6.92. The summed E-state index contributed by atoms with van der Waals surface area (Å²) >= 11 is 2.71. The molecule has 0 spiro atoms. The molecule has 0 saturated carbocycles. The number of fused-ring (bicyclic) bond motifs is 1. The smallest absolute Gasteiger partial charge is 0.272 e. The summed E-state index contributed by atoms with van der Waals surface area (Å²) in [6.45, 7) is 6.47. The molecule has 0 unspecified atom stereocenters. The van der Waals surface area contributed by atoms with E-state index in [2.05, 4.69) is 17.4 Å². The van der Waals surface area contributed by atoms with Crippen molar-refractivity contribution in [1.82, 2.24) is 9.55 Å². The van der Waals surface area contributed by atoms with Crippen molar-refractivity contribution in [3.05, 3.63) is 75.4 Å². The van der Waals surface area contributed by atoms with Gasteiger partial charge in [0.25, 0.3) is 5.56 Å². The zero-order chi connectivity index (χ0) is 22.0. The van der Waals surface area contributed by atoms with Gasteiger partial charge in [0.15, 0.2) is 5.16 Å². The minimum atomic E-state index is -0.130. The second kappa shape index (κ2) is 9.08. The van der Waals surface area contributed by atoms with Crippen molar-refractivity contribution in [2.75, 3.05) is 11.1 Å². The van der Waals surface area contributed by atoms with E-state index in [0.29, 0.717) is 21.9 Å². The number of hydrogen-bond acceptors (Lipinski definition) is 5. The van der Waals surface area contributed by atoms with Gasteiger partial charge >= 0.3 is 0 Å². The van der Waals surface area contributed by atoms with Crippen LogP contribution in [0.2, 0.25) is 0 Å². The summed E-state index contributed by atoms with van der Waals surface area (Å²) in [4.78, 5) is 30.3. The summed E-state index contributed by atoms with van der Waals surface area (Å²) in [6, 6.07) is 15.9. The number of nitrogens with zero attached hydrogens (tertiary/aromatic N) is 2. The normalized spacial score (nSPS) is 11.1. The number of aromatic nitrogens is 2. The molecular formula is C24H23N3O2S2. The van der Waals surface area contributed by atoms with Gasteiger partial charge < -0.3 is 5.32 Å². The molecule has 2 aromatic carbocycles. The average molecular weight is 450 g/mol. The summed E-state index contributed by atoms with van der Waals surface area (Å²) in [5.74, 6) is 0.0467. The van der Waals surface area contributed by atoms with Gasteiger partial charge in [0.05, 0.1) is 11.3 Å². The fourth-order valence-corrected chi connectivity index (χ4v) is 5.09. The lowest BCUT2D eigenvalue weighted by molar-refractivity contribution is -0.113. The topological polar surface area (TPSA) is 64.0 Å². The number of amides is 1. The Labute approximate surface area is 189 Å². The van der Waals surface area contributed by atoms with Crippen LogP contribution in [0.5, 0.6) is 0 Å². The van der Waals surface area contributed by atoms with Crippen LogP contribution in [0, 0.1) is 13.8 Å². The predicted molar refractivity (Wildman–Crippen MR) is 130 cm³/mol. The highest BCUT2D eigenvalue weighted by atomic mass is 32.2. The first-order valence-corrected chi connectivity index (χ1v) is 11.9. The van der Waals surface area contributed by atoms with Crippen molar-refractivity contribution in [1.29, 1.82) is 0 Å². The predicted octanol–water partition coefficient (Wildman–Crippen LogP) is 5.49. The number of carbonyl (C=O) groups is 1. The van der Waals surface area contributed by atoms with Gasteiger partial charge in [-0.25, -0.2) is 4.98 Å². The third-order valence-electron chi connectivity index (χ3n) is 4.99. The number of thioether (sulfide) groups is 1. The maximum atomic E-state index is 13.1. The van der Waals surface area contributed by atoms with E-state index in [1.165, 1.54) is 28.7 Å². The number of rotatable bonds is 6. The number of nitrogens with one attached hydrogen (secondary N) is 1. The molecule has 7 heteroatoms. The summed E-state index contributed by atoms with van der Waals surface area (Å²) < 4.78 is 2.28. The van der Waals surface area contributed by atoms with Crippen LogP contribution < -0.4 is 10.9 Å². The monoisotopic (exact) mass is 449 g/mol. The minimum absolute atomic E-state index is 0.0581. The van der Waals surface area contributed by atoms with E-state index in [1.807, 2.05) is 62.5 Å². The Hall–Kier alpha value is -2.90. The van der Waals surface area contributed by atoms with E-state index in [9.17, 15) is 9.59 Å². The van der Waals surface area contributed by atoms with Crippen LogP contribution in [0.25, 0.3) is 21.3 Å². The van der Waals surface area contributed by atoms with E-state index in [4.69, 9.17) is 4.98 Å². The van der Waals surface area contributed by atoms with Crippen molar-refractivity contribution in [3.8, 4) is 11.1 Å². The molecule has 1 amide bonds. The molecule has 2 heterocycles. The fraction of sp³-hybridized carbons (Fsp3) is 0.208. The molecule has 0 radical (unpaired) electrons. The third kappa shape index (κ3) is 4.57. The van der Waals surface area contributed by atoms with E-state index in [-0.39, 0.29) is 17.2 Å². The minimum Gasteiger partial charge on any atom is -0.325 e. The zero-order valence-corrected chi connectivity index (χ0v) is 19.3. The molecule has 0 bridgehead atoms. The lowest BCUT2D eigenvalue weighted by Gasteiger charge is -2.11. The highest BCUT2D eigenvalue weighted by molar-refractivity contribution is 7.99. The molecule has 0 aliphatic carbocycles. The van der Waals surface area contributed by atoms with E-state index in [0.717, 1.165) is 22.4 Å². The van der Waals surface area contributed by atoms with Gasteiger partial charge in [0, 0.05) is 23.2 Å². The lowest BCUT2D eigenvalue weighted by Crippen LogP contribution is -2.22. The molecular weight excluding hydrogens is 426 g/mol. The number of carbonyl (C=O) groups excluding carboxylic acids is 1. The number of thiophene rings is 1. The number of hydrogen-bond donors (Lipinski definition) is 1. The molecule has 4 rings (SSSR count).